The minimum absolute atomic E-state index is 0.149. The zero-order valence-electron chi connectivity index (χ0n) is 11.7. The van der Waals surface area contributed by atoms with E-state index in [4.69, 9.17) is 16.3 Å². The summed E-state index contributed by atoms with van der Waals surface area (Å²) in [6.07, 6.45) is 0. The molecule has 2 rings (SSSR count). The van der Waals surface area contributed by atoms with Crippen molar-refractivity contribution < 1.29 is 4.74 Å². The molecule has 3 heteroatoms. The molecule has 0 spiro atoms. The third-order valence-corrected chi connectivity index (χ3v) is 3.16. The van der Waals surface area contributed by atoms with Crippen molar-refractivity contribution in [1.82, 2.24) is 4.98 Å². The van der Waals surface area contributed by atoms with E-state index in [1.807, 2.05) is 25.1 Å². The Kier molecular flexibility index (Phi) is 3.81. The lowest BCUT2D eigenvalue weighted by atomic mass is 9.87. The van der Waals surface area contributed by atoms with Gasteiger partial charge in [-0.1, -0.05) is 44.5 Å². The van der Waals surface area contributed by atoms with Gasteiger partial charge in [-0.2, -0.15) is 0 Å². The van der Waals surface area contributed by atoms with Crippen molar-refractivity contribution in [3.63, 3.8) is 0 Å². The second-order valence-corrected chi connectivity index (χ2v) is 5.98. The number of rotatable bonds is 2. The van der Waals surface area contributed by atoms with Gasteiger partial charge in [0.05, 0.1) is 5.69 Å². The van der Waals surface area contributed by atoms with Gasteiger partial charge < -0.3 is 4.74 Å². The molecule has 0 amide bonds. The van der Waals surface area contributed by atoms with Gasteiger partial charge in [-0.25, -0.2) is 4.98 Å². The molecule has 19 heavy (non-hydrogen) atoms. The van der Waals surface area contributed by atoms with Crippen LogP contribution in [-0.4, -0.2) is 4.98 Å². The molecular weight excluding hydrogens is 258 g/mol. The molecule has 0 bridgehead atoms. The second kappa shape index (κ2) is 5.22. The highest BCUT2D eigenvalue weighted by molar-refractivity contribution is 6.29. The molecule has 2 nitrogen and oxygen atoms in total. The van der Waals surface area contributed by atoms with E-state index in [9.17, 15) is 0 Å². The zero-order chi connectivity index (χ0) is 14.0. The summed E-state index contributed by atoms with van der Waals surface area (Å²) in [6, 6.07) is 11.7. The second-order valence-electron chi connectivity index (χ2n) is 5.59. The highest BCUT2D eigenvalue weighted by atomic mass is 35.5. The maximum Gasteiger partial charge on any atom is 0.148 e. The number of hydrogen-bond acceptors (Lipinski definition) is 2. The standard InChI is InChI=1S/C16H18ClNO/c1-11-14(9-10-15(17)18-11)19-13-7-5-12(6-8-13)16(2,3)4/h5-10H,1-4H3. The Labute approximate surface area is 119 Å². The summed E-state index contributed by atoms with van der Waals surface area (Å²) in [5.74, 6) is 1.54. The Morgan fingerprint density at radius 3 is 2.16 bits per heavy atom. The van der Waals surface area contributed by atoms with Crippen LogP contribution >= 0.6 is 11.6 Å². The number of halogens is 1. The summed E-state index contributed by atoms with van der Waals surface area (Å²) in [5.41, 5.74) is 2.22. The van der Waals surface area contributed by atoms with Crippen molar-refractivity contribution in [2.75, 3.05) is 0 Å². The summed E-state index contributed by atoms with van der Waals surface area (Å²) in [4.78, 5) is 4.17. The van der Waals surface area contributed by atoms with Gasteiger partial charge >= 0.3 is 0 Å². The Balaban J connectivity index is 2.20. The Bertz CT molecular complexity index is 570. The van der Waals surface area contributed by atoms with Gasteiger partial charge in [-0.3, -0.25) is 0 Å². The topological polar surface area (TPSA) is 22.1 Å². The zero-order valence-corrected chi connectivity index (χ0v) is 12.5. The highest BCUT2D eigenvalue weighted by Gasteiger charge is 2.13. The molecule has 0 unspecified atom stereocenters. The third-order valence-electron chi connectivity index (χ3n) is 2.95. The summed E-state index contributed by atoms with van der Waals surface area (Å²) >= 11 is 5.82. The van der Waals surface area contributed by atoms with E-state index in [1.54, 1.807) is 6.07 Å². The van der Waals surface area contributed by atoms with Crippen LogP contribution in [0.4, 0.5) is 0 Å². The largest absolute Gasteiger partial charge is 0.455 e. The minimum Gasteiger partial charge on any atom is -0.455 e. The summed E-state index contributed by atoms with van der Waals surface area (Å²) in [6.45, 7) is 8.45. The molecule has 1 heterocycles. The van der Waals surface area contributed by atoms with E-state index in [0.717, 1.165) is 17.2 Å². The molecule has 1 aromatic carbocycles. The average Bonchev–Trinajstić information content (AvgIpc) is 2.32. The predicted octanol–water partition coefficient (Wildman–Crippen LogP) is 5.13. The van der Waals surface area contributed by atoms with Crippen molar-refractivity contribution >= 4 is 11.6 Å². The first-order valence-corrected chi connectivity index (χ1v) is 6.65. The number of pyridine rings is 1. The van der Waals surface area contributed by atoms with Gasteiger partial charge in [0, 0.05) is 0 Å². The lowest BCUT2D eigenvalue weighted by Crippen LogP contribution is -2.10. The summed E-state index contributed by atoms with van der Waals surface area (Å²) in [5, 5.41) is 0.480. The Morgan fingerprint density at radius 1 is 1.00 bits per heavy atom. The molecule has 0 atom stereocenters. The van der Waals surface area contributed by atoms with E-state index in [-0.39, 0.29) is 5.41 Å². The molecule has 0 fully saturated rings. The van der Waals surface area contributed by atoms with Gasteiger partial charge in [0.25, 0.3) is 0 Å². The van der Waals surface area contributed by atoms with Crippen LogP contribution in [0.3, 0.4) is 0 Å². The van der Waals surface area contributed by atoms with Crippen molar-refractivity contribution in [3.8, 4) is 11.5 Å². The molecular formula is C16H18ClNO. The number of ether oxygens (including phenoxy) is 1. The quantitative estimate of drug-likeness (QED) is 0.709. The van der Waals surface area contributed by atoms with Crippen LogP contribution in [-0.2, 0) is 5.41 Å². The van der Waals surface area contributed by atoms with E-state index < -0.39 is 0 Å². The number of hydrogen-bond donors (Lipinski definition) is 0. The fourth-order valence-corrected chi connectivity index (χ4v) is 1.97. The number of aromatic nitrogens is 1. The molecule has 100 valence electrons. The van der Waals surface area contributed by atoms with E-state index in [2.05, 4.69) is 37.9 Å². The van der Waals surface area contributed by atoms with Crippen LogP contribution in [0.15, 0.2) is 36.4 Å². The van der Waals surface area contributed by atoms with Crippen LogP contribution in [0.2, 0.25) is 5.15 Å². The van der Waals surface area contributed by atoms with Crippen LogP contribution in [0.5, 0.6) is 11.5 Å². The SMILES string of the molecule is Cc1nc(Cl)ccc1Oc1ccc(C(C)(C)C)cc1. The van der Waals surface area contributed by atoms with Crippen molar-refractivity contribution in [2.45, 2.75) is 33.1 Å². The fourth-order valence-electron chi connectivity index (χ4n) is 1.78. The number of benzene rings is 1. The van der Waals surface area contributed by atoms with Gasteiger partial charge in [0.15, 0.2) is 0 Å². The molecule has 0 aliphatic rings. The first-order chi connectivity index (χ1) is 8.86. The van der Waals surface area contributed by atoms with Gasteiger partial charge in [-0.05, 0) is 42.2 Å². The molecule has 2 aromatic rings. The molecule has 0 aliphatic heterocycles. The van der Waals surface area contributed by atoms with E-state index in [1.165, 1.54) is 5.56 Å². The van der Waals surface area contributed by atoms with Crippen LogP contribution in [0.1, 0.15) is 32.0 Å². The lowest BCUT2D eigenvalue weighted by Gasteiger charge is -2.19. The Hall–Kier alpha value is -1.54. The molecule has 0 saturated carbocycles. The van der Waals surface area contributed by atoms with Crippen LogP contribution in [0, 0.1) is 6.92 Å². The van der Waals surface area contributed by atoms with Crippen LogP contribution in [0.25, 0.3) is 0 Å². The summed E-state index contributed by atoms with van der Waals surface area (Å²) in [7, 11) is 0. The molecule has 1 aromatic heterocycles. The molecule has 0 saturated heterocycles. The normalized spacial score (nSPS) is 11.4. The first-order valence-electron chi connectivity index (χ1n) is 6.28. The number of aryl methyl sites for hydroxylation is 1. The maximum absolute atomic E-state index is 5.82. The van der Waals surface area contributed by atoms with Crippen molar-refractivity contribution in [2.24, 2.45) is 0 Å². The average molecular weight is 276 g/mol. The Morgan fingerprint density at radius 2 is 1.63 bits per heavy atom. The lowest BCUT2D eigenvalue weighted by molar-refractivity contribution is 0.474. The third kappa shape index (κ3) is 3.48. The van der Waals surface area contributed by atoms with Crippen molar-refractivity contribution in [3.05, 3.63) is 52.8 Å². The van der Waals surface area contributed by atoms with E-state index in [0.29, 0.717) is 5.15 Å². The molecule has 0 radical (unpaired) electrons. The summed E-state index contributed by atoms with van der Waals surface area (Å²) < 4.78 is 5.81. The monoisotopic (exact) mass is 275 g/mol. The maximum atomic E-state index is 5.82. The van der Waals surface area contributed by atoms with E-state index >= 15 is 0 Å². The predicted molar refractivity (Wildman–Crippen MR) is 79.2 cm³/mol. The number of nitrogens with zero attached hydrogens (tertiary/aromatic N) is 1. The fraction of sp³-hybridized carbons (Fsp3) is 0.312. The first kappa shape index (κ1) is 13.9. The molecule has 0 N–H and O–H groups in total. The highest BCUT2D eigenvalue weighted by Crippen LogP contribution is 2.28. The van der Waals surface area contributed by atoms with Crippen LogP contribution < -0.4 is 4.74 Å². The molecule has 0 aliphatic carbocycles. The van der Waals surface area contributed by atoms with Gasteiger partial charge in [0.2, 0.25) is 0 Å². The van der Waals surface area contributed by atoms with Gasteiger partial charge in [-0.15, -0.1) is 0 Å². The minimum atomic E-state index is 0.149. The van der Waals surface area contributed by atoms with Crippen molar-refractivity contribution in [1.29, 1.82) is 0 Å². The smallest absolute Gasteiger partial charge is 0.148 e. The van der Waals surface area contributed by atoms with Gasteiger partial charge in [0.1, 0.15) is 16.7 Å².